The number of amides is 1. The SMILES string of the molecule is CC(C)[C@H](C)NC(=O)CN1CCN(S(=O)(=O)c2ccc(Cl)s2)CC1. The minimum absolute atomic E-state index is 0.0162. The van der Waals surface area contributed by atoms with Crippen LogP contribution in [-0.4, -0.2) is 62.3 Å². The van der Waals surface area contributed by atoms with Crippen LogP contribution < -0.4 is 5.32 Å². The van der Waals surface area contributed by atoms with E-state index < -0.39 is 10.0 Å². The van der Waals surface area contributed by atoms with Crippen LogP contribution in [0.15, 0.2) is 16.3 Å². The highest BCUT2D eigenvalue weighted by Crippen LogP contribution is 2.28. The van der Waals surface area contributed by atoms with Crippen molar-refractivity contribution in [3.8, 4) is 0 Å². The van der Waals surface area contributed by atoms with E-state index in [0.717, 1.165) is 11.3 Å². The van der Waals surface area contributed by atoms with Crippen molar-refractivity contribution in [2.24, 2.45) is 5.92 Å². The minimum Gasteiger partial charge on any atom is -0.352 e. The van der Waals surface area contributed by atoms with Crippen molar-refractivity contribution < 1.29 is 13.2 Å². The van der Waals surface area contributed by atoms with Gasteiger partial charge in [0.15, 0.2) is 0 Å². The van der Waals surface area contributed by atoms with Gasteiger partial charge in [-0.3, -0.25) is 9.69 Å². The van der Waals surface area contributed by atoms with Gasteiger partial charge in [-0.25, -0.2) is 8.42 Å². The molecule has 1 N–H and O–H groups in total. The van der Waals surface area contributed by atoms with E-state index in [2.05, 4.69) is 19.2 Å². The molecule has 1 aromatic rings. The quantitative estimate of drug-likeness (QED) is 0.801. The van der Waals surface area contributed by atoms with Crippen LogP contribution in [0.4, 0.5) is 0 Å². The Balaban J connectivity index is 1.86. The number of nitrogens with zero attached hydrogens (tertiary/aromatic N) is 2. The van der Waals surface area contributed by atoms with E-state index in [-0.39, 0.29) is 16.2 Å². The van der Waals surface area contributed by atoms with Gasteiger partial charge in [0.2, 0.25) is 5.91 Å². The number of nitrogens with one attached hydrogen (secondary N) is 1. The van der Waals surface area contributed by atoms with E-state index in [1.807, 2.05) is 11.8 Å². The molecule has 1 saturated heterocycles. The number of carbonyl (C=O) groups excluding carboxylic acids is 1. The normalized spacial score (nSPS) is 18.7. The molecule has 0 saturated carbocycles. The number of piperazine rings is 1. The molecule has 136 valence electrons. The summed E-state index contributed by atoms with van der Waals surface area (Å²) in [5.74, 6) is 0.367. The Kier molecular flexibility index (Phi) is 6.66. The molecular weight excluding hydrogens is 370 g/mol. The lowest BCUT2D eigenvalue weighted by atomic mass is 10.1. The fourth-order valence-electron chi connectivity index (χ4n) is 2.36. The molecule has 24 heavy (non-hydrogen) atoms. The van der Waals surface area contributed by atoms with E-state index in [0.29, 0.717) is 43.0 Å². The van der Waals surface area contributed by atoms with Crippen LogP contribution >= 0.6 is 22.9 Å². The monoisotopic (exact) mass is 393 g/mol. The summed E-state index contributed by atoms with van der Waals surface area (Å²) in [6.45, 7) is 8.26. The summed E-state index contributed by atoms with van der Waals surface area (Å²) < 4.78 is 27.2. The van der Waals surface area contributed by atoms with Crippen LogP contribution in [-0.2, 0) is 14.8 Å². The maximum atomic E-state index is 12.5. The van der Waals surface area contributed by atoms with Crippen molar-refractivity contribution in [1.29, 1.82) is 0 Å². The Morgan fingerprint density at radius 1 is 1.25 bits per heavy atom. The summed E-state index contributed by atoms with van der Waals surface area (Å²) in [6.07, 6.45) is 0. The third kappa shape index (κ3) is 4.92. The molecule has 0 bridgehead atoms. The predicted molar refractivity (Wildman–Crippen MR) is 97.0 cm³/mol. The summed E-state index contributed by atoms with van der Waals surface area (Å²) in [7, 11) is -3.48. The molecule has 9 heteroatoms. The smallest absolute Gasteiger partial charge is 0.252 e. The molecule has 0 unspecified atom stereocenters. The van der Waals surface area contributed by atoms with Gasteiger partial charge in [0.25, 0.3) is 10.0 Å². The third-order valence-corrected chi connectivity index (χ3v) is 7.83. The number of carbonyl (C=O) groups is 1. The maximum absolute atomic E-state index is 12.5. The zero-order chi connectivity index (χ0) is 17.9. The molecule has 6 nitrogen and oxygen atoms in total. The lowest BCUT2D eigenvalue weighted by Crippen LogP contribution is -2.51. The fourth-order valence-corrected chi connectivity index (χ4v) is 5.42. The van der Waals surface area contributed by atoms with Gasteiger partial charge in [-0.2, -0.15) is 4.31 Å². The van der Waals surface area contributed by atoms with E-state index in [9.17, 15) is 13.2 Å². The molecule has 1 atom stereocenters. The lowest BCUT2D eigenvalue weighted by molar-refractivity contribution is -0.123. The average Bonchev–Trinajstić information content (AvgIpc) is 2.95. The molecular formula is C15H24ClN3O3S2. The van der Waals surface area contributed by atoms with Gasteiger partial charge in [-0.05, 0) is 25.0 Å². The zero-order valence-corrected chi connectivity index (χ0v) is 16.5. The van der Waals surface area contributed by atoms with Crippen molar-refractivity contribution in [3.05, 3.63) is 16.5 Å². The van der Waals surface area contributed by atoms with Gasteiger partial charge >= 0.3 is 0 Å². The molecule has 1 fully saturated rings. The highest BCUT2D eigenvalue weighted by Gasteiger charge is 2.30. The molecule has 0 spiro atoms. The van der Waals surface area contributed by atoms with Crippen LogP contribution in [0.3, 0.4) is 0 Å². The average molecular weight is 394 g/mol. The third-order valence-electron chi connectivity index (χ3n) is 4.23. The number of hydrogen-bond acceptors (Lipinski definition) is 5. The molecule has 2 rings (SSSR count). The topological polar surface area (TPSA) is 69.7 Å². The van der Waals surface area contributed by atoms with E-state index in [1.165, 1.54) is 10.4 Å². The Hall–Kier alpha value is -0.670. The van der Waals surface area contributed by atoms with Crippen molar-refractivity contribution in [2.75, 3.05) is 32.7 Å². The second-order valence-corrected chi connectivity index (χ2v) is 10.2. The number of hydrogen-bond donors (Lipinski definition) is 1. The zero-order valence-electron chi connectivity index (χ0n) is 14.2. The van der Waals surface area contributed by atoms with Crippen LogP contribution in [0, 0.1) is 5.92 Å². The van der Waals surface area contributed by atoms with E-state index >= 15 is 0 Å². The largest absolute Gasteiger partial charge is 0.352 e. The fraction of sp³-hybridized carbons (Fsp3) is 0.667. The van der Waals surface area contributed by atoms with Crippen LogP contribution in [0.5, 0.6) is 0 Å². The number of rotatable bonds is 6. The van der Waals surface area contributed by atoms with Crippen LogP contribution in [0.2, 0.25) is 4.34 Å². The molecule has 2 heterocycles. The Labute approximate surface area is 152 Å². The molecule has 0 aliphatic carbocycles. The Morgan fingerprint density at radius 3 is 2.38 bits per heavy atom. The summed E-state index contributed by atoms with van der Waals surface area (Å²) in [5, 5.41) is 2.97. The van der Waals surface area contributed by atoms with Crippen molar-refractivity contribution >= 4 is 38.9 Å². The summed E-state index contributed by atoms with van der Waals surface area (Å²) in [5.41, 5.74) is 0. The number of sulfonamides is 1. The molecule has 1 aliphatic rings. The number of thiophene rings is 1. The molecule has 0 aromatic carbocycles. The molecule has 1 aromatic heterocycles. The minimum atomic E-state index is -3.48. The van der Waals surface area contributed by atoms with Crippen molar-refractivity contribution in [1.82, 2.24) is 14.5 Å². The molecule has 0 radical (unpaired) electrons. The lowest BCUT2D eigenvalue weighted by Gasteiger charge is -2.33. The van der Waals surface area contributed by atoms with E-state index in [4.69, 9.17) is 11.6 Å². The highest BCUT2D eigenvalue weighted by atomic mass is 35.5. The first-order valence-corrected chi connectivity index (χ1v) is 10.6. The van der Waals surface area contributed by atoms with E-state index in [1.54, 1.807) is 6.07 Å². The molecule has 1 aliphatic heterocycles. The van der Waals surface area contributed by atoms with Crippen molar-refractivity contribution in [3.63, 3.8) is 0 Å². The van der Waals surface area contributed by atoms with Gasteiger partial charge in [-0.1, -0.05) is 25.4 Å². The molecule has 1 amide bonds. The van der Waals surface area contributed by atoms with Gasteiger partial charge in [0.1, 0.15) is 4.21 Å². The van der Waals surface area contributed by atoms with Gasteiger partial charge in [0, 0.05) is 32.2 Å². The first-order chi connectivity index (χ1) is 11.2. The predicted octanol–water partition coefficient (Wildman–Crippen LogP) is 1.87. The standard InChI is InChI=1S/C15H24ClN3O3S2/c1-11(2)12(3)17-14(20)10-18-6-8-19(9-7-18)24(21,22)15-5-4-13(16)23-15/h4-5,11-12H,6-10H2,1-3H3,(H,17,20)/t12-/m0/s1. The van der Waals surface area contributed by atoms with Gasteiger partial charge < -0.3 is 5.32 Å². The number of halogens is 1. The maximum Gasteiger partial charge on any atom is 0.252 e. The van der Waals surface area contributed by atoms with Crippen LogP contribution in [0.25, 0.3) is 0 Å². The first-order valence-electron chi connectivity index (χ1n) is 7.97. The van der Waals surface area contributed by atoms with Gasteiger partial charge in [0.05, 0.1) is 10.9 Å². The second-order valence-electron chi connectivity index (χ2n) is 6.34. The first kappa shape index (κ1) is 19.7. The van der Waals surface area contributed by atoms with Crippen molar-refractivity contribution in [2.45, 2.75) is 31.0 Å². The Morgan fingerprint density at radius 2 is 1.88 bits per heavy atom. The highest BCUT2D eigenvalue weighted by molar-refractivity contribution is 7.91. The summed E-state index contributed by atoms with van der Waals surface area (Å²) in [4.78, 5) is 14.0. The second kappa shape index (κ2) is 8.14. The van der Waals surface area contributed by atoms with Gasteiger partial charge in [-0.15, -0.1) is 11.3 Å². The van der Waals surface area contributed by atoms with Crippen LogP contribution in [0.1, 0.15) is 20.8 Å². The summed E-state index contributed by atoms with van der Waals surface area (Å²) in [6, 6.07) is 3.26. The summed E-state index contributed by atoms with van der Waals surface area (Å²) >= 11 is 6.90. The Bertz CT molecular complexity index is 667.